The van der Waals surface area contributed by atoms with Crippen molar-refractivity contribution in [3.05, 3.63) is 319 Å². The molecule has 13 aromatic carbocycles. The van der Waals surface area contributed by atoms with E-state index in [4.69, 9.17) is 13.3 Å². The second-order valence-electron chi connectivity index (χ2n) is 28.0. The van der Waals surface area contributed by atoms with Crippen molar-refractivity contribution in [2.45, 2.75) is 44.4 Å². The number of fused-ring (bicyclic) bond motifs is 23. The van der Waals surface area contributed by atoms with Gasteiger partial charge in [0.25, 0.3) is 0 Å². The SMILES string of the molecule is CC1(C)c2ccccc2-c2ccc(N(c3cccc(-n4c5ccccc5c5ccccc54)c3)c3ccc4c(c3)oc3ccc5oc6c(ccc7oc8cc(N(C9=CC%10C(C=C9)c9ccccc9C%10(C)C)c9cccc(-n%10c%11ccccc%11c%11ccccc%11%10)c9)ccc8c76)c5c34)cc21. The first kappa shape index (κ1) is 54.3. The van der Waals surface area contributed by atoms with E-state index >= 15 is 0 Å². The van der Waals surface area contributed by atoms with Crippen LogP contribution in [0.2, 0.25) is 0 Å². The number of para-hydroxylation sites is 4. The molecule has 7 heteroatoms. The molecule has 0 radical (unpaired) electrons. The number of benzene rings is 13. The van der Waals surface area contributed by atoms with Gasteiger partial charge in [0.2, 0.25) is 0 Å². The molecule has 5 aromatic heterocycles. The van der Waals surface area contributed by atoms with E-state index in [0.29, 0.717) is 0 Å². The molecule has 0 fully saturated rings. The largest absolute Gasteiger partial charge is 0.456 e. The number of nitrogens with zero attached hydrogens (tertiary/aromatic N) is 4. The van der Waals surface area contributed by atoms with Gasteiger partial charge in [-0.3, -0.25) is 0 Å². The standard InChI is InChI=1S/C90H62N4O3/c1-89(2)72-29-11-5-23-61(72)63-39-35-57(49-74(63)89)91(53-19-17-21-55(47-53)93-76-31-13-7-25-65(76)66-26-8-14-32-77(66)93)59-37-41-69-83(51-59)95-80-45-46-81-86(85(69)80)71-43-44-82-87(88(71)97-81)70-42-38-60(52-84(70)96-82)92(58-36-40-64-62-24-6-12-30-73(62)90(3,4)75(64)50-58)54-20-18-22-56(48-54)94-78-33-15-9-27-67(78)68-28-10-16-34-79(68)94/h5-52,64,75H,1-4H3. The normalized spacial score (nSPS) is 16.0. The number of hydrogen-bond donors (Lipinski definition) is 0. The van der Waals surface area contributed by atoms with Gasteiger partial charge in [0, 0.05) is 117 Å². The van der Waals surface area contributed by atoms with Crippen LogP contribution in [-0.4, -0.2) is 9.13 Å². The van der Waals surface area contributed by atoms with Crippen LogP contribution < -0.4 is 9.80 Å². The fraction of sp³-hybridized carbons (Fsp3) is 0.0889. The van der Waals surface area contributed by atoms with Crippen molar-refractivity contribution in [1.82, 2.24) is 9.13 Å². The maximum absolute atomic E-state index is 7.10. The van der Waals surface area contributed by atoms with Gasteiger partial charge < -0.3 is 32.2 Å². The summed E-state index contributed by atoms with van der Waals surface area (Å²) in [4.78, 5) is 4.82. The van der Waals surface area contributed by atoms with Crippen molar-refractivity contribution in [1.29, 1.82) is 0 Å². The highest BCUT2D eigenvalue weighted by molar-refractivity contribution is 6.30. The van der Waals surface area contributed by atoms with Crippen LogP contribution in [0.5, 0.6) is 0 Å². The summed E-state index contributed by atoms with van der Waals surface area (Å²) in [5.41, 5.74) is 25.6. The summed E-state index contributed by atoms with van der Waals surface area (Å²) in [7, 11) is 0. The Bertz CT molecular complexity index is 6400. The topological polar surface area (TPSA) is 55.8 Å². The first-order valence-electron chi connectivity index (χ1n) is 33.8. The summed E-state index contributed by atoms with van der Waals surface area (Å²) in [5.74, 6) is 0.541. The zero-order chi connectivity index (χ0) is 64.2. The zero-order valence-corrected chi connectivity index (χ0v) is 53.9. The van der Waals surface area contributed by atoms with Crippen LogP contribution in [-0.2, 0) is 10.8 Å². The molecule has 0 aliphatic heterocycles. The number of rotatable bonds is 8. The summed E-state index contributed by atoms with van der Waals surface area (Å²) in [6, 6.07) is 99.6. The second kappa shape index (κ2) is 19.8. The van der Waals surface area contributed by atoms with E-state index in [0.717, 1.165) is 111 Å². The van der Waals surface area contributed by atoms with Crippen LogP contribution in [0, 0.1) is 5.92 Å². The minimum absolute atomic E-state index is 0.0777. The minimum Gasteiger partial charge on any atom is -0.456 e. The van der Waals surface area contributed by atoms with E-state index in [1.54, 1.807) is 0 Å². The third-order valence-corrected chi connectivity index (χ3v) is 22.1. The van der Waals surface area contributed by atoms with Gasteiger partial charge in [0.15, 0.2) is 0 Å². The summed E-state index contributed by atoms with van der Waals surface area (Å²) in [5, 5.41) is 10.9. The number of aromatic nitrogens is 2. The van der Waals surface area contributed by atoms with Crippen LogP contribution in [0.4, 0.5) is 28.4 Å². The predicted molar refractivity (Wildman–Crippen MR) is 401 cm³/mol. The Morgan fingerprint density at radius 2 is 0.804 bits per heavy atom. The molecule has 97 heavy (non-hydrogen) atoms. The predicted octanol–water partition coefficient (Wildman–Crippen LogP) is 24.6. The highest BCUT2D eigenvalue weighted by atomic mass is 16.3. The Labute approximate surface area is 558 Å². The van der Waals surface area contributed by atoms with Gasteiger partial charge in [0.1, 0.15) is 33.5 Å². The molecule has 0 saturated carbocycles. The summed E-state index contributed by atoms with van der Waals surface area (Å²) in [6.45, 7) is 9.52. The van der Waals surface area contributed by atoms with Crippen molar-refractivity contribution < 1.29 is 13.3 Å². The number of hydrogen-bond acceptors (Lipinski definition) is 5. The molecule has 21 rings (SSSR count). The van der Waals surface area contributed by atoms with E-state index in [9.17, 15) is 0 Å². The van der Waals surface area contributed by atoms with Gasteiger partial charge >= 0.3 is 0 Å². The Morgan fingerprint density at radius 1 is 0.340 bits per heavy atom. The molecule has 2 unspecified atom stereocenters. The first-order chi connectivity index (χ1) is 47.6. The monoisotopic (exact) mass is 1250 g/mol. The zero-order valence-electron chi connectivity index (χ0n) is 53.9. The third kappa shape index (κ3) is 7.62. The van der Waals surface area contributed by atoms with Crippen LogP contribution >= 0.6 is 0 Å². The molecule has 0 saturated heterocycles. The number of allylic oxidation sites excluding steroid dienone is 3. The Hall–Kier alpha value is -12.1. The van der Waals surface area contributed by atoms with Gasteiger partial charge in [-0.1, -0.05) is 179 Å². The maximum atomic E-state index is 7.10. The van der Waals surface area contributed by atoms with E-state index in [-0.39, 0.29) is 22.7 Å². The second-order valence-corrected chi connectivity index (χ2v) is 28.0. The Morgan fingerprint density at radius 3 is 1.44 bits per heavy atom. The lowest BCUT2D eigenvalue weighted by Gasteiger charge is -2.34. The molecule has 460 valence electrons. The van der Waals surface area contributed by atoms with Crippen molar-refractivity contribution in [2.24, 2.45) is 5.92 Å². The average molecular weight is 1250 g/mol. The van der Waals surface area contributed by atoms with Crippen molar-refractivity contribution in [2.75, 3.05) is 9.80 Å². The fourth-order valence-electron chi connectivity index (χ4n) is 17.7. The van der Waals surface area contributed by atoms with Gasteiger partial charge in [-0.2, -0.15) is 0 Å². The van der Waals surface area contributed by atoms with Crippen molar-refractivity contribution >= 4 is 138 Å². The molecular weight excluding hydrogens is 1190 g/mol. The summed E-state index contributed by atoms with van der Waals surface area (Å²) in [6.07, 6.45) is 7.30. The van der Waals surface area contributed by atoms with Gasteiger partial charge in [-0.05, 0) is 172 Å². The van der Waals surface area contributed by atoms with Gasteiger partial charge in [-0.15, -0.1) is 0 Å². The molecule has 0 N–H and O–H groups in total. The molecular formula is C90H62N4O3. The molecule has 2 atom stereocenters. The highest BCUT2D eigenvalue weighted by Gasteiger charge is 2.45. The lowest BCUT2D eigenvalue weighted by Crippen LogP contribution is -2.28. The van der Waals surface area contributed by atoms with Gasteiger partial charge in [0.05, 0.1) is 27.5 Å². The van der Waals surface area contributed by atoms with Crippen LogP contribution in [0.3, 0.4) is 0 Å². The number of anilines is 5. The van der Waals surface area contributed by atoms with E-state index in [1.165, 1.54) is 77.0 Å². The molecule has 18 aromatic rings. The lowest BCUT2D eigenvalue weighted by molar-refractivity contribution is 0.392. The molecule has 0 amide bonds. The summed E-state index contributed by atoms with van der Waals surface area (Å²) < 4.78 is 26.0. The Balaban J connectivity index is 0.703. The fourth-order valence-corrected chi connectivity index (χ4v) is 17.7. The molecule has 3 aliphatic carbocycles. The average Bonchev–Trinajstić information content (AvgIpc) is 1.58. The molecule has 0 bridgehead atoms. The molecule has 3 aliphatic rings. The highest BCUT2D eigenvalue weighted by Crippen LogP contribution is 2.56. The maximum Gasteiger partial charge on any atom is 0.147 e. The molecule has 5 heterocycles. The van der Waals surface area contributed by atoms with E-state index in [1.807, 2.05) is 0 Å². The van der Waals surface area contributed by atoms with Crippen LogP contribution in [0.1, 0.15) is 55.9 Å². The van der Waals surface area contributed by atoms with Gasteiger partial charge in [-0.25, -0.2) is 0 Å². The van der Waals surface area contributed by atoms with Crippen molar-refractivity contribution in [3.63, 3.8) is 0 Å². The van der Waals surface area contributed by atoms with Crippen LogP contribution in [0.25, 0.3) is 132 Å². The lowest BCUT2D eigenvalue weighted by atomic mass is 9.74. The van der Waals surface area contributed by atoms with Crippen molar-refractivity contribution in [3.8, 4) is 22.5 Å². The Kier molecular flexibility index (Phi) is 11.1. The van der Waals surface area contributed by atoms with E-state index < -0.39 is 0 Å². The van der Waals surface area contributed by atoms with Crippen LogP contribution in [0.15, 0.2) is 310 Å². The molecule has 0 spiro atoms. The quantitative estimate of drug-likeness (QED) is 0.152. The third-order valence-electron chi connectivity index (χ3n) is 22.1. The first-order valence-corrected chi connectivity index (χ1v) is 33.8. The number of furan rings is 3. The summed E-state index contributed by atoms with van der Waals surface area (Å²) >= 11 is 0. The smallest absolute Gasteiger partial charge is 0.147 e. The minimum atomic E-state index is -0.196. The molecule has 7 nitrogen and oxygen atoms in total. The van der Waals surface area contributed by atoms with E-state index in [2.05, 4.69) is 338 Å².